The molecule has 2 aromatic heterocycles. The number of carbonyl (C=O) groups is 2. The SMILES string of the molecule is CC1(C)[C@H]2CC[C@]1(C)C(=O)N(CCCCN1CCN(c3ncnc4nc[nH]c34)CC1)C2=O. The Hall–Kier alpha value is -2.55. The van der Waals surface area contributed by atoms with Gasteiger partial charge in [-0.3, -0.25) is 19.4 Å². The van der Waals surface area contributed by atoms with Crippen molar-refractivity contribution in [3.05, 3.63) is 12.7 Å². The first-order valence-corrected chi connectivity index (χ1v) is 11.8. The standard InChI is InChI=1S/C23H33N7O2/c1-22(2)16-6-7-23(22,3)21(32)30(20(16)31)9-5-4-8-28-10-12-29(13-11-28)19-17-18(25-14-24-17)26-15-27-19/h14-16H,4-13H2,1-3H3,(H,24,25,26,27)/t16-,23+/m0/s1. The fourth-order valence-corrected chi connectivity index (χ4v) is 5.89. The summed E-state index contributed by atoms with van der Waals surface area (Å²) in [7, 11) is 0. The topological polar surface area (TPSA) is 98.3 Å². The van der Waals surface area contributed by atoms with E-state index in [0.717, 1.165) is 69.7 Å². The van der Waals surface area contributed by atoms with Gasteiger partial charge in [-0.1, -0.05) is 20.8 Å². The summed E-state index contributed by atoms with van der Waals surface area (Å²) in [5.74, 6) is 1.00. The van der Waals surface area contributed by atoms with Crippen LogP contribution in [0.3, 0.4) is 0 Å². The number of amides is 2. The first-order chi connectivity index (χ1) is 15.3. The Morgan fingerprint density at radius 3 is 2.56 bits per heavy atom. The zero-order chi connectivity index (χ0) is 22.5. The molecule has 0 unspecified atom stereocenters. The first-order valence-electron chi connectivity index (χ1n) is 11.8. The zero-order valence-electron chi connectivity index (χ0n) is 19.3. The summed E-state index contributed by atoms with van der Waals surface area (Å²) >= 11 is 0. The van der Waals surface area contributed by atoms with Gasteiger partial charge >= 0.3 is 0 Å². The van der Waals surface area contributed by atoms with Crippen LogP contribution in [0, 0.1) is 16.7 Å². The molecule has 9 nitrogen and oxygen atoms in total. The molecule has 3 fully saturated rings. The number of likely N-dealkylation sites (tertiary alicyclic amines) is 1. The van der Waals surface area contributed by atoms with Crippen molar-refractivity contribution in [3.63, 3.8) is 0 Å². The number of anilines is 1. The van der Waals surface area contributed by atoms with Crippen molar-refractivity contribution in [2.45, 2.75) is 46.5 Å². The van der Waals surface area contributed by atoms with Gasteiger partial charge in [0.05, 0.1) is 11.7 Å². The van der Waals surface area contributed by atoms with Crippen LogP contribution in [0.1, 0.15) is 46.5 Å². The van der Waals surface area contributed by atoms with E-state index in [1.807, 2.05) is 0 Å². The zero-order valence-corrected chi connectivity index (χ0v) is 19.3. The van der Waals surface area contributed by atoms with Crippen molar-refractivity contribution >= 4 is 28.8 Å². The van der Waals surface area contributed by atoms with Crippen LogP contribution in [-0.2, 0) is 9.59 Å². The molecule has 4 heterocycles. The van der Waals surface area contributed by atoms with E-state index in [4.69, 9.17) is 0 Å². The van der Waals surface area contributed by atoms with Crippen LogP contribution >= 0.6 is 0 Å². The van der Waals surface area contributed by atoms with E-state index in [-0.39, 0.29) is 23.1 Å². The molecule has 0 spiro atoms. The predicted octanol–water partition coefficient (Wildman–Crippen LogP) is 2.07. The number of H-pyrrole nitrogens is 1. The molecule has 2 aromatic rings. The highest BCUT2D eigenvalue weighted by atomic mass is 16.2. The summed E-state index contributed by atoms with van der Waals surface area (Å²) < 4.78 is 0. The van der Waals surface area contributed by atoms with Gasteiger partial charge in [0, 0.05) is 38.6 Å². The highest BCUT2D eigenvalue weighted by Gasteiger charge is 2.64. The quantitative estimate of drug-likeness (QED) is 0.543. The number of nitrogens with zero attached hydrogens (tertiary/aromatic N) is 6. The molecule has 5 rings (SSSR count). The Morgan fingerprint density at radius 1 is 1.03 bits per heavy atom. The lowest BCUT2D eigenvalue weighted by Gasteiger charge is -2.47. The Bertz CT molecular complexity index is 1030. The molecule has 9 heteroatoms. The van der Waals surface area contributed by atoms with Crippen molar-refractivity contribution in [2.75, 3.05) is 44.2 Å². The van der Waals surface area contributed by atoms with Gasteiger partial charge in [0.15, 0.2) is 11.5 Å². The van der Waals surface area contributed by atoms with Crippen LogP contribution in [0.4, 0.5) is 5.82 Å². The van der Waals surface area contributed by atoms with Gasteiger partial charge in [-0.15, -0.1) is 0 Å². The molecule has 1 aliphatic carbocycles. The Balaban J connectivity index is 1.10. The second kappa shape index (κ2) is 7.79. The molecule has 2 saturated heterocycles. The van der Waals surface area contributed by atoms with Crippen molar-refractivity contribution in [2.24, 2.45) is 16.7 Å². The Labute approximate surface area is 188 Å². The Kier molecular flexibility index (Phi) is 5.19. The van der Waals surface area contributed by atoms with Crippen LogP contribution in [0.25, 0.3) is 11.2 Å². The fourth-order valence-electron chi connectivity index (χ4n) is 5.89. The number of imidazole rings is 1. The van der Waals surface area contributed by atoms with Crippen molar-refractivity contribution < 1.29 is 9.59 Å². The maximum Gasteiger partial charge on any atom is 0.235 e. The highest BCUT2D eigenvalue weighted by Crippen LogP contribution is 2.60. The maximum absolute atomic E-state index is 13.1. The van der Waals surface area contributed by atoms with Gasteiger partial charge in [0.2, 0.25) is 11.8 Å². The molecule has 1 saturated carbocycles. The minimum atomic E-state index is -0.400. The largest absolute Gasteiger partial charge is 0.352 e. The number of fused-ring (bicyclic) bond motifs is 3. The van der Waals surface area contributed by atoms with E-state index in [1.54, 1.807) is 17.6 Å². The molecular weight excluding hydrogens is 406 g/mol. The van der Waals surface area contributed by atoms with E-state index in [0.29, 0.717) is 12.2 Å². The molecule has 0 aromatic carbocycles. The van der Waals surface area contributed by atoms with Crippen molar-refractivity contribution in [3.8, 4) is 0 Å². The molecule has 2 atom stereocenters. The lowest BCUT2D eigenvalue weighted by Crippen LogP contribution is -2.59. The fraction of sp³-hybridized carbons (Fsp3) is 0.696. The number of imide groups is 1. The van der Waals surface area contributed by atoms with E-state index in [9.17, 15) is 9.59 Å². The van der Waals surface area contributed by atoms with E-state index in [2.05, 4.69) is 50.5 Å². The number of hydrogen-bond donors (Lipinski definition) is 1. The smallest absolute Gasteiger partial charge is 0.235 e. The first kappa shape index (κ1) is 21.3. The number of unbranched alkanes of at least 4 members (excludes halogenated alkanes) is 1. The van der Waals surface area contributed by atoms with Crippen molar-refractivity contribution in [1.82, 2.24) is 29.7 Å². The third-order valence-electron chi connectivity index (χ3n) is 8.49. The average molecular weight is 440 g/mol. The molecule has 2 bridgehead atoms. The predicted molar refractivity (Wildman–Crippen MR) is 121 cm³/mol. The summed E-state index contributed by atoms with van der Waals surface area (Å²) in [4.78, 5) is 48.4. The van der Waals surface area contributed by atoms with Crippen LogP contribution in [-0.4, -0.2) is 80.8 Å². The van der Waals surface area contributed by atoms with Crippen LogP contribution in [0.2, 0.25) is 0 Å². The van der Waals surface area contributed by atoms with Gasteiger partial charge in [0.25, 0.3) is 0 Å². The summed E-state index contributed by atoms with van der Waals surface area (Å²) in [6, 6.07) is 0. The second-order valence-electron chi connectivity index (χ2n) is 10.3. The summed E-state index contributed by atoms with van der Waals surface area (Å²) in [6.45, 7) is 11.5. The van der Waals surface area contributed by atoms with Crippen LogP contribution in [0.15, 0.2) is 12.7 Å². The van der Waals surface area contributed by atoms with E-state index in [1.165, 1.54) is 0 Å². The van der Waals surface area contributed by atoms with Gasteiger partial charge in [-0.05, 0) is 37.6 Å². The molecule has 3 aliphatic rings. The number of aromatic amines is 1. The van der Waals surface area contributed by atoms with Gasteiger partial charge in [-0.25, -0.2) is 15.0 Å². The number of nitrogens with one attached hydrogen (secondary N) is 1. The minimum Gasteiger partial charge on any atom is -0.352 e. The van der Waals surface area contributed by atoms with Gasteiger partial charge in [-0.2, -0.15) is 0 Å². The van der Waals surface area contributed by atoms with Gasteiger partial charge < -0.3 is 9.88 Å². The number of piperazine rings is 1. The minimum absolute atomic E-state index is 0.0126. The summed E-state index contributed by atoms with van der Waals surface area (Å²) in [6.07, 6.45) is 6.74. The van der Waals surface area contributed by atoms with Crippen LogP contribution < -0.4 is 4.90 Å². The lowest BCUT2D eigenvalue weighted by atomic mass is 9.62. The summed E-state index contributed by atoms with van der Waals surface area (Å²) in [5.41, 5.74) is 0.957. The third-order valence-corrected chi connectivity index (χ3v) is 8.49. The molecular formula is C23H33N7O2. The Morgan fingerprint density at radius 2 is 1.78 bits per heavy atom. The monoisotopic (exact) mass is 439 g/mol. The average Bonchev–Trinajstić information content (AvgIpc) is 3.33. The van der Waals surface area contributed by atoms with E-state index >= 15 is 0 Å². The number of aromatic nitrogens is 4. The maximum atomic E-state index is 13.1. The molecule has 0 radical (unpaired) electrons. The normalized spacial score (nSPS) is 28.2. The molecule has 2 aliphatic heterocycles. The summed E-state index contributed by atoms with van der Waals surface area (Å²) in [5, 5.41) is 0. The number of piperidine rings is 1. The molecule has 2 amide bonds. The second-order valence-corrected chi connectivity index (χ2v) is 10.3. The molecule has 1 N–H and O–H groups in total. The number of rotatable bonds is 6. The van der Waals surface area contributed by atoms with Crippen LogP contribution in [0.5, 0.6) is 0 Å². The number of hydrogen-bond acceptors (Lipinski definition) is 7. The van der Waals surface area contributed by atoms with Gasteiger partial charge in [0.1, 0.15) is 11.8 Å². The van der Waals surface area contributed by atoms with E-state index < -0.39 is 5.41 Å². The lowest BCUT2D eigenvalue weighted by molar-refractivity contribution is -0.167. The van der Waals surface area contributed by atoms with Crippen molar-refractivity contribution in [1.29, 1.82) is 0 Å². The molecule has 172 valence electrons. The molecule has 32 heavy (non-hydrogen) atoms. The number of carbonyl (C=O) groups excluding carboxylic acids is 2. The highest BCUT2D eigenvalue weighted by molar-refractivity contribution is 6.03. The third kappa shape index (κ3) is 3.20.